The van der Waals surface area contributed by atoms with Gasteiger partial charge in [-0.2, -0.15) is 5.26 Å². The first kappa shape index (κ1) is 9.47. The van der Waals surface area contributed by atoms with E-state index in [2.05, 4.69) is 0 Å². The minimum Gasteiger partial charge on any atom is -0.350 e. The van der Waals surface area contributed by atoms with Gasteiger partial charge in [0.25, 0.3) is 0 Å². The number of hydrogen-bond acceptors (Lipinski definition) is 2. The van der Waals surface area contributed by atoms with E-state index in [4.69, 9.17) is 5.26 Å². The summed E-state index contributed by atoms with van der Waals surface area (Å²) < 4.78 is 1.90. The fourth-order valence-corrected chi connectivity index (χ4v) is 1.73. The van der Waals surface area contributed by atoms with E-state index in [-0.39, 0.29) is 12.2 Å². The molecule has 0 fully saturated rings. The van der Waals surface area contributed by atoms with Gasteiger partial charge >= 0.3 is 0 Å². The van der Waals surface area contributed by atoms with Crippen molar-refractivity contribution >= 4 is 16.7 Å². The molecule has 0 aliphatic heterocycles. The summed E-state index contributed by atoms with van der Waals surface area (Å²) in [4.78, 5) is 11.6. The fraction of sp³-hybridized carbons (Fsp3) is 0.167. The van der Waals surface area contributed by atoms with Gasteiger partial charge in [-0.1, -0.05) is 18.2 Å². The van der Waals surface area contributed by atoms with Crippen molar-refractivity contribution in [2.75, 3.05) is 0 Å². The van der Waals surface area contributed by atoms with Crippen LogP contribution in [0.25, 0.3) is 10.9 Å². The molecular formula is C12H10N2O. The van der Waals surface area contributed by atoms with E-state index in [9.17, 15) is 4.79 Å². The maximum absolute atomic E-state index is 11.6. The molecule has 15 heavy (non-hydrogen) atoms. The predicted octanol–water partition coefficient (Wildman–Crippen LogP) is 2.27. The predicted molar refractivity (Wildman–Crippen MR) is 57.5 cm³/mol. The monoisotopic (exact) mass is 198 g/mol. The Balaban J connectivity index is 2.63. The van der Waals surface area contributed by atoms with Gasteiger partial charge in [0.2, 0.25) is 0 Å². The summed E-state index contributed by atoms with van der Waals surface area (Å²) in [6.07, 6.45) is 1.72. The molecule has 2 rings (SSSR count). The van der Waals surface area contributed by atoms with Crippen LogP contribution >= 0.6 is 0 Å². The van der Waals surface area contributed by atoms with Crippen molar-refractivity contribution in [3.8, 4) is 6.07 Å². The number of aryl methyl sites for hydroxylation is 1. The molecule has 1 heterocycles. The maximum Gasteiger partial charge on any atom is 0.179 e. The number of aromatic nitrogens is 1. The molecule has 74 valence electrons. The van der Waals surface area contributed by atoms with Gasteiger partial charge in [-0.05, 0) is 6.07 Å². The van der Waals surface area contributed by atoms with Crippen LogP contribution in [0.3, 0.4) is 0 Å². The summed E-state index contributed by atoms with van der Waals surface area (Å²) in [5.74, 6) is -0.116. The number of carbonyl (C=O) groups is 1. The van der Waals surface area contributed by atoms with Crippen LogP contribution in [0.1, 0.15) is 16.8 Å². The number of nitrogens with zero attached hydrogens (tertiary/aromatic N) is 2. The van der Waals surface area contributed by atoms with Gasteiger partial charge in [0.05, 0.1) is 12.5 Å². The summed E-state index contributed by atoms with van der Waals surface area (Å²) in [7, 11) is 1.89. The molecule has 0 aliphatic carbocycles. The first-order valence-electron chi connectivity index (χ1n) is 4.68. The van der Waals surface area contributed by atoms with Crippen molar-refractivity contribution in [3.63, 3.8) is 0 Å². The lowest BCUT2D eigenvalue weighted by atomic mass is 10.1. The summed E-state index contributed by atoms with van der Waals surface area (Å²) in [6, 6.07) is 9.57. The molecule has 3 nitrogen and oxygen atoms in total. The third-order valence-electron chi connectivity index (χ3n) is 2.44. The Labute approximate surface area is 87.5 Å². The van der Waals surface area contributed by atoms with E-state index in [1.54, 1.807) is 6.20 Å². The van der Waals surface area contributed by atoms with Gasteiger partial charge in [0.15, 0.2) is 5.78 Å². The molecule has 1 aromatic heterocycles. The van der Waals surface area contributed by atoms with Crippen molar-refractivity contribution in [1.82, 2.24) is 4.57 Å². The van der Waals surface area contributed by atoms with Crippen molar-refractivity contribution in [1.29, 1.82) is 5.26 Å². The van der Waals surface area contributed by atoms with Crippen LogP contribution < -0.4 is 0 Å². The summed E-state index contributed by atoms with van der Waals surface area (Å²) in [6.45, 7) is 0. The van der Waals surface area contributed by atoms with Gasteiger partial charge in [0, 0.05) is 29.7 Å². The molecule has 1 aromatic carbocycles. The molecule has 0 N–H and O–H groups in total. The second-order valence-corrected chi connectivity index (χ2v) is 3.43. The van der Waals surface area contributed by atoms with E-state index in [1.807, 2.05) is 41.9 Å². The molecule has 0 bridgehead atoms. The highest BCUT2D eigenvalue weighted by Gasteiger charge is 2.12. The quantitative estimate of drug-likeness (QED) is 0.695. The third kappa shape index (κ3) is 1.50. The number of rotatable bonds is 2. The van der Waals surface area contributed by atoms with Gasteiger partial charge in [-0.15, -0.1) is 0 Å². The van der Waals surface area contributed by atoms with Crippen LogP contribution in [0.5, 0.6) is 0 Å². The van der Waals surface area contributed by atoms with Gasteiger partial charge < -0.3 is 4.57 Å². The summed E-state index contributed by atoms with van der Waals surface area (Å²) in [5.41, 5.74) is 1.65. The Morgan fingerprint density at radius 3 is 2.93 bits per heavy atom. The normalized spacial score (nSPS) is 10.1. The van der Waals surface area contributed by atoms with E-state index >= 15 is 0 Å². The SMILES string of the molecule is Cn1cc(C(=O)CC#N)c2ccccc21. The molecular weight excluding hydrogens is 188 g/mol. The van der Waals surface area contributed by atoms with Gasteiger partial charge in [-0.25, -0.2) is 0 Å². The molecule has 0 radical (unpaired) electrons. The second-order valence-electron chi connectivity index (χ2n) is 3.43. The Morgan fingerprint density at radius 1 is 1.47 bits per heavy atom. The third-order valence-corrected chi connectivity index (χ3v) is 2.44. The van der Waals surface area contributed by atoms with Crippen molar-refractivity contribution in [3.05, 3.63) is 36.0 Å². The molecule has 0 saturated carbocycles. The highest BCUT2D eigenvalue weighted by Crippen LogP contribution is 2.21. The van der Waals surface area contributed by atoms with Crippen LogP contribution in [0.15, 0.2) is 30.5 Å². The number of nitriles is 1. The van der Waals surface area contributed by atoms with Crippen LogP contribution in [-0.2, 0) is 7.05 Å². The average Bonchev–Trinajstić information content (AvgIpc) is 2.58. The first-order valence-corrected chi connectivity index (χ1v) is 4.68. The summed E-state index contributed by atoms with van der Waals surface area (Å²) >= 11 is 0. The highest BCUT2D eigenvalue weighted by molar-refractivity contribution is 6.08. The molecule has 2 aromatic rings. The minimum atomic E-state index is -0.116. The van der Waals surface area contributed by atoms with Crippen molar-refractivity contribution < 1.29 is 4.79 Å². The molecule has 0 atom stereocenters. The number of hydrogen-bond donors (Lipinski definition) is 0. The Hall–Kier alpha value is -2.08. The Bertz CT molecular complexity index is 560. The zero-order valence-electron chi connectivity index (χ0n) is 8.40. The zero-order valence-corrected chi connectivity index (χ0v) is 8.40. The molecule has 0 spiro atoms. The Kier molecular flexibility index (Phi) is 2.26. The second kappa shape index (κ2) is 3.58. The topological polar surface area (TPSA) is 45.8 Å². The maximum atomic E-state index is 11.6. The van der Waals surface area contributed by atoms with Crippen LogP contribution in [-0.4, -0.2) is 10.4 Å². The summed E-state index contributed by atoms with van der Waals surface area (Å²) in [5, 5.41) is 9.42. The Morgan fingerprint density at radius 2 is 2.20 bits per heavy atom. The smallest absolute Gasteiger partial charge is 0.179 e. The zero-order chi connectivity index (χ0) is 10.8. The van der Waals surface area contributed by atoms with E-state index in [0.29, 0.717) is 5.56 Å². The lowest BCUT2D eigenvalue weighted by Crippen LogP contribution is -1.95. The molecule has 3 heteroatoms. The molecule has 0 unspecified atom stereocenters. The molecule has 0 saturated heterocycles. The molecule has 0 aliphatic rings. The lowest BCUT2D eigenvalue weighted by Gasteiger charge is -1.93. The van der Waals surface area contributed by atoms with Crippen molar-refractivity contribution in [2.24, 2.45) is 7.05 Å². The van der Waals surface area contributed by atoms with Crippen LogP contribution in [0, 0.1) is 11.3 Å². The number of ketones is 1. The van der Waals surface area contributed by atoms with E-state index in [0.717, 1.165) is 10.9 Å². The van der Waals surface area contributed by atoms with Gasteiger partial charge in [-0.3, -0.25) is 4.79 Å². The largest absolute Gasteiger partial charge is 0.350 e. The van der Waals surface area contributed by atoms with E-state index in [1.165, 1.54) is 0 Å². The number of para-hydroxylation sites is 1. The number of fused-ring (bicyclic) bond motifs is 1. The van der Waals surface area contributed by atoms with E-state index < -0.39 is 0 Å². The number of carbonyl (C=O) groups excluding carboxylic acids is 1. The van der Waals surface area contributed by atoms with Crippen LogP contribution in [0.4, 0.5) is 0 Å². The van der Waals surface area contributed by atoms with Gasteiger partial charge in [0.1, 0.15) is 0 Å². The standard InChI is InChI=1S/C12H10N2O/c1-14-8-10(12(15)6-7-13)9-4-2-3-5-11(9)14/h2-5,8H,6H2,1H3. The minimum absolute atomic E-state index is 0.0615. The average molecular weight is 198 g/mol. The first-order chi connectivity index (χ1) is 7.24. The molecule has 0 amide bonds. The van der Waals surface area contributed by atoms with Crippen LogP contribution in [0.2, 0.25) is 0 Å². The highest BCUT2D eigenvalue weighted by atomic mass is 16.1. The van der Waals surface area contributed by atoms with Crippen molar-refractivity contribution in [2.45, 2.75) is 6.42 Å². The number of Topliss-reactive ketones (excluding diaryl/α,β-unsaturated/α-hetero) is 1. The fourth-order valence-electron chi connectivity index (χ4n) is 1.73. The number of benzene rings is 1. The lowest BCUT2D eigenvalue weighted by molar-refractivity contribution is 0.0999.